The molecule has 1 N–H and O–H groups in total. The first-order chi connectivity index (χ1) is 10.8. The fraction of sp³-hybridized carbons (Fsp3) is 0.533. The van der Waals surface area contributed by atoms with E-state index in [1.165, 1.54) is 10.4 Å². The standard InChI is InChI=1S/C15H19N5OS/c21-15(19-5-3-13-11(8-19)4-6-22-13)7-16-12-1-2-14-17-10-18-20(14)9-12/h4,6,10,12,16H,1-3,5,7-9H2/t12-/m1/s1. The molecule has 2 aliphatic heterocycles. The maximum absolute atomic E-state index is 12.4. The SMILES string of the molecule is O=C(CN[C@@H]1CCc2ncnn2C1)N1CCc2sccc2C1. The fourth-order valence-corrected chi connectivity index (χ4v) is 4.10. The van der Waals surface area contributed by atoms with Crippen molar-refractivity contribution in [2.45, 2.75) is 38.4 Å². The van der Waals surface area contributed by atoms with Crippen LogP contribution in [0.3, 0.4) is 0 Å². The van der Waals surface area contributed by atoms with Crippen molar-refractivity contribution in [3.8, 4) is 0 Å². The molecule has 0 saturated carbocycles. The fourth-order valence-electron chi connectivity index (χ4n) is 3.21. The minimum atomic E-state index is 0.196. The molecule has 116 valence electrons. The second-order valence-corrected chi connectivity index (χ2v) is 6.91. The molecular weight excluding hydrogens is 298 g/mol. The first-order valence-corrected chi connectivity index (χ1v) is 8.60. The highest BCUT2D eigenvalue weighted by molar-refractivity contribution is 7.10. The average molecular weight is 317 g/mol. The molecule has 0 unspecified atom stereocenters. The summed E-state index contributed by atoms with van der Waals surface area (Å²) in [5.74, 6) is 1.24. The van der Waals surface area contributed by atoms with Crippen molar-refractivity contribution in [2.75, 3.05) is 13.1 Å². The number of fused-ring (bicyclic) bond motifs is 2. The van der Waals surface area contributed by atoms with Crippen LogP contribution in [0.15, 0.2) is 17.8 Å². The molecule has 0 aliphatic carbocycles. The van der Waals surface area contributed by atoms with Crippen LogP contribution >= 0.6 is 11.3 Å². The maximum Gasteiger partial charge on any atom is 0.236 e. The molecule has 22 heavy (non-hydrogen) atoms. The van der Waals surface area contributed by atoms with Crippen molar-refractivity contribution < 1.29 is 4.79 Å². The number of rotatable bonds is 3. The van der Waals surface area contributed by atoms with Crippen LogP contribution in [0.4, 0.5) is 0 Å². The summed E-state index contributed by atoms with van der Waals surface area (Å²) >= 11 is 1.80. The van der Waals surface area contributed by atoms with E-state index in [-0.39, 0.29) is 5.91 Å². The molecule has 2 aromatic heterocycles. The van der Waals surface area contributed by atoms with Gasteiger partial charge < -0.3 is 10.2 Å². The largest absolute Gasteiger partial charge is 0.337 e. The number of aromatic nitrogens is 3. The lowest BCUT2D eigenvalue weighted by atomic mass is 10.1. The highest BCUT2D eigenvalue weighted by Crippen LogP contribution is 2.23. The molecule has 0 fully saturated rings. The Balaban J connectivity index is 1.30. The predicted molar refractivity (Wildman–Crippen MR) is 83.6 cm³/mol. The quantitative estimate of drug-likeness (QED) is 0.911. The molecule has 1 atom stereocenters. The zero-order chi connectivity index (χ0) is 14.9. The number of thiophene rings is 1. The molecule has 1 amide bonds. The van der Waals surface area contributed by atoms with Crippen molar-refractivity contribution in [1.82, 2.24) is 25.0 Å². The molecule has 6 nitrogen and oxygen atoms in total. The molecule has 2 aliphatic rings. The van der Waals surface area contributed by atoms with Crippen LogP contribution in [0.25, 0.3) is 0 Å². The summed E-state index contributed by atoms with van der Waals surface area (Å²) in [6, 6.07) is 2.44. The molecule has 0 saturated heterocycles. The van der Waals surface area contributed by atoms with Gasteiger partial charge in [0, 0.05) is 30.4 Å². The van der Waals surface area contributed by atoms with E-state index in [4.69, 9.17) is 0 Å². The van der Waals surface area contributed by atoms with Crippen LogP contribution in [-0.4, -0.2) is 44.7 Å². The lowest BCUT2D eigenvalue weighted by Crippen LogP contribution is -2.45. The number of hydrogen-bond acceptors (Lipinski definition) is 5. The van der Waals surface area contributed by atoms with Crippen LogP contribution < -0.4 is 5.32 Å². The Hall–Kier alpha value is -1.73. The van der Waals surface area contributed by atoms with Gasteiger partial charge in [0.1, 0.15) is 12.2 Å². The maximum atomic E-state index is 12.4. The molecule has 0 aromatic carbocycles. The summed E-state index contributed by atoms with van der Waals surface area (Å²) < 4.78 is 1.93. The lowest BCUT2D eigenvalue weighted by Gasteiger charge is -2.29. The number of aryl methyl sites for hydroxylation is 1. The molecule has 0 radical (unpaired) electrons. The van der Waals surface area contributed by atoms with Crippen molar-refractivity contribution in [3.05, 3.63) is 34.0 Å². The van der Waals surface area contributed by atoms with Gasteiger partial charge in [-0.3, -0.25) is 4.79 Å². The zero-order valence-electron chi connectivity index (χ0n) is 12.4. The number of carbonyl (C=O) groups excluding carboxylic acids is 1. The number of carbonyl (C=O) groups is 1. The Kier molecular flexibility index (Phi) is 3.67. The van der Waals surface area contributed by atoms with Gasteiger partial charge in [0.05, 0.1) is 13.1 Å². The van der Waals surface area contributed by atoms with Gasteiger partial charge in [-0.05, 0) is 29.9 Å². The first kappa shape index (κ1) is 13.9. The van der Waals surface area contributed by atoms with Gasteiger partial charge in [0.2, 0.25) is 5.91 Å². The third-order valence-corrected chi connectivity index (χ3v) is 5.53. The zero-order valence-corrected chi connectivity index (χ0v) is 13.2. The third-order valence-electron chi connectivity index (χ3n) is 4.51. The van der Waals surface area contributed by atoms with Gasteiger partial charge in [-0.25, -0.2) is 9.67 Å². The average Bonchev–Trinajstić information content (AvgIpc) is 3.19. The highest BCUT2D eigenvalue weighted by Gasteiger charge is 2.24. The Morgan fingerprint density at radius 3 is 3.36 bits per heavy atom. The van der Waals surface area contributed by atoms with Crippen LogP contribution in [0.2, 0.25) is 0 Å². The van der Waals surface area contributed by atoms with E-state index < -0.39 is 0 Å². The van der Waals surface area contributed by atoms with E-state index in [1.807, 2.05) is 9.58 Å². The molecule has 7 heteroatoms. The van der Waals surface area contributed by atoms with E-state index in [0.717, 1.165) is 44.7 Å². The van der Waals surface area contributed by atoms with E-state index in [2.05, 4.69) is 26.8 Å². The number of nitrogens with one attached hydrogen (secondary N) is 1. The monoisotopic (exact) mass is 317 g/mol. The third kappa shape index (κ3) is 2.66. The first-order valence-electron chi connectivity index (χ1n) is 7.72. The molecule has 0 spiro atoms. The Morgan fingerprint density at radius 1 is 1.45 bits per heavy atom. The summed E-state index contributed by atoms with van der Waals surface area (Å²) in [5, 5.41) is 9.72. The van der Waals surface area contributed by atoms with Crippen LogP contribution in [-0.2, 0) is 30.7 Å². The molecule has 4 heterocycles. The van der Waals surface area contributed by atoms with Gasteiger partial charge in [-0.2, -0.15) is 5.10 Å². The predicted octanol–water partition coefficient (Wildman–Crippen LogP) is 0.829. The van der Waals surface area contributed by atoms with Gasteiger partial charge in [-0.15, -0.1) is 11.3 Å². The Bertz CT molecular complexity index is 679. The van der Waals surface area contributed by atoms with E-state index in [1.54, 1.807) is 17.7 Å². The Labute approximate surface area is 133 Å². The minimum absolute atomic E-state index is 0.196. The number of nitrogens with zero attached hydrogens (tertiary/aromatic N) is 4. The molecular formula is C15H19N5OS. The number of amides is 1. The van der Waals surface area contributed by atoms with Crippen LogP contribution in [0.5, 0.6) is 0 Å². The van der Waals surface area contributed by atoms with Crippen molar-refractivity contribution in [2.24, 2.45) is 0 Å². The van der Waals surface area contributed by atoms with Crippen molar-refractivity contribution >= 4 is 17.2 Å². The number of hydrogen-bond donors (Lipinski definition) is 1. The van der Waals surface area contributed by atoms with E-state index in [9.17, 15) is 4.79 Å². The second-order valence-electron chi connectivity index (χ2n) is 5.91. The molecule has 0 bridgehead atoms. The summed E-state index contributed by atoms with van der Waals surface area (Å²) in [7, 11) is 0. The minimum Gasteiger partial charge on any atom is -0.337 e. The summed E-state index contributed by atoms with van der Waals surface area (Å²) in [6.07, 6.45) is 4.54. The van der Waals surface area contributed by atoms with Crippen molar-refractivity contribution in [3.63, 3.8) is 0 Å². The van der Waals surface area contributed by atoms with Crippen molar-refractivity contribution in [1.29, 1.82) is 0 Å². The summed E-state index contributed by atoms with van der Waals surface area (Å²) in [4.78, 5) is 20.0. The van der Waals surface area contributed by atoms with Crippen LogP contribution in [0, 0.1) is 0 Å². The molecule has 2 aromatic rings. The molecule has 4 rings (SSSR count). The summed E-state index contributed by atoms with van der Waals surface area (Å²) in [5.41, 5.74) is 1.31. The van der Waals surface area contributed by atoms with Gasteiger partial charge in [0.25, 0.3) is 0 Å². The summed E-state index contributed by atoms with van der Waals surface area (Å²) in [6.45, 7) is 2.81. The topological polar surface area (TPSA) is 63.1 Å². The van der Waals surface area contributed by atoms with E-state index in [0.29, 0.717) is 12.6 Å². The second kappa shape index (κ2) is 5.81. The normalized spacial score (nSPS) is 20.5. The highest BCUT2D eigenvalue weighted by atomic mass is 32.1. The van der Waals surface area contributed by atoms with Crippen LogP contribution in [0.1, 0.15) is 22.7 Å². The smallest absolute Gasteiger partial charge is 0.236 e. The lowest BCUT2D eigenvalue weighted by molar-refractivity contribution is -0.131. The van der Waals surface area contributed by atoms with Gasteiger partial charge >= 0.3 is 0 Å². The van der Waals surface area contributed by atoms with E-state index >= 15 is 0 Å². The van der Waals surface area contributed by atoms with Gasteiger partial charge in [-0.1, -0.05) is 0 Å². The van der Waals surface area contributed by atoms with Gasteiger partial charge in [0.15, 0.2) is 0 Å². The Morgan fingerprint density at radius 2 is 2.41 bits per heavy atom.